The summed E-state index contributed by atoms with van der Waals surface area (Å²) in [6.07, 6.45) is 17.9. The molecule has 1 heterocycles. The van der Waals surface area contributed by atoms with Crippen LogP contribution in [0.4, 0.5) is 0 Å². The van der Waals surface area contributed by atoms with Gasteiger partial charge in [-0.05, 0) is 30.9 Å². The van der Waals surface area contributed by atoms with Crippen LogP contribution in [0.25, 0.3) is 0 Å². The fraction of sp³-hybridized carbons (Fsp3) is 0.750. The van der Waals surface area contributed by atoms with Crippen molar-refractivity contribution in [1.29, 1.82) is 0 Å². The second kappa shape index (κ2) is 7.58. The summed E-state index contributed by atoms with van der Waals surface area (Å²) in [6.45, 7) is 0. The summed E-state index contributed by atoms with van der Waals surface area (Å²) in [7, 11) is 0. The van der Waals surface area contributed by atoms with Crippen molar-refractivity contribution in [3.05, 3.63) is 24.0 Å². The molecule has 0 amide bonds. The average molecular weight is 233 g/mol. The molecule has 1 aromatic rings. The predicted octanol–water partition coefficient (Wildman–Crippen LogP) is 5.40. The first-order chi connectivity index (χ1) is 8.47. The van der Waals surface area contributed by atoms with E-state index in [-0.39, 0.29) is 0 Å². The normalized spacial score (nSPS) is 21.6. The minimum Gasteiger partial charge on any atom is -0.365 e. The van der Waals surface area contributed by atoms with Gasteiger partial charge < -0.3 is 4.98 Å². The van der Waals surface area contributed by atoms with Gasteiger partial charge in [0.05, 0.1) is 0 Å². The first-order valence-electron chi connectivity index (χ1n) is 7.60. The molecule has 1 saturated carbocycles. The van der Waals surface area contributed by atoms with Crippen LogP contribution in [-0.4, -0.2) is 4.98 Å². The Balaban J connectivity index is 1.84. The maximum absolute atomic E-state index is 3.42. The fourth-order valence-electron chi connectivity index (χ4n) is 3.07. The van der Waals surface area contributed by atoms with Crippen molar-refractivity contribution in [2.24, 2.45) is 0 Å². The lowest BCUT2D eigenvalue weighted by Crippen LogP contribution is -2.00. The van der Waals surface area contributed by atoms with Gasteiger partial charge in [0, 0.05) is 11.9 Å². The predicted molar refractivity (Wildman–Crippen MR) is 74.3 cm³/mol. The second-order valence-corrected chi connectivity index (χ2v) is 5.58. The molecule has 1 N–H and O–H groups in total. The molecule has 0 atom stereocenters. The molecule has 1 nitrogen and oxygen atoms in total. The number of aromatic nitrogens is 1. The van der Waals surface area contributed by atoms with Crippen LogP contribution in [0, 0.1) is 0 Å². The zero-order valence-electron chi connectivity index (χ0n) is 11.1. The van der Waals surface area contributed by atoms with Gasteiger partial charge in [0.1, 0.15) is 0 Å². The van der Waals surface area contributed by atoms with Crippen molar-refractivity contribution in [3.8, 4) is 0 Å². The van der Waals surface area contributed by atoms with Crippen LogP contribution in [0.15, 0.2) is 18.3 Å². The number of hydrogen-bond acceptors (Lipinski definition) is 0. The van der Waals surface area contributed by atoms with E-state index in [2.05, 4.69) is 23.3 Å². The summed E-state index contributed by atoms with van der Waals surface area (Å²) in [5.41, 5.74) is 1.47. The Labute approximate surface area is 106 Å². The molecule has 0 aliphatic heterocycles. The molecule has 0 bridgehead atoms. The molecular formula is C16H27N. The molecule has 96 valence electrons. The van der Waals surface area contributed by atoms with Gasteiger partial charge in [-0.15, -0.1) is 0 Å². The van der Waals surface area contributed by atoms with Gasteiger partial charge in [-0.25, -0.2) is 0 Å². The van der Waals surface area contributed by atoms with Gasteiger partial charge in [-0.3, -0.25) is 0 Å². The van der Waals surface area contributed by atoms with E-state index < -0.39 is 0 Å². The van der Waals surface area contributed by atoms with E-state index in [0.29, 0.717) is 0 Å². The molecule has 0 unspecified atom stereocenters. The molecule has 1 aliphatic carbocycles. The quantitative estimate of drug-likeness (QED) is 0.668. The Morgan fingerprint density at radius 1 is 0.765 bits per heavy atom. The van der Waals surface area contributed by atoms with Crippen molar-refractivity contribution < 1.29 is 0 Å². The van der Waals surface area contributed by atoms with Crippen LogP contribution in [-0.2, 0) is 0 Å². The molecule has 1 aromatic heterocycles. The van der Waals surface area contributed by atoms with Crippen molar-refractivity contribution >= 4 is 0 Å². The van der Waals surface area contributed by atoms with Gasteiger partial charge >= 0.3 is 0 Å². The highest BCUT2D eigenvalue weighted by Crippen LogP contribution is 2.28. The third kappa shape index (κ3) is 4.57. The van der Waals surface area contributed by atoms with E-state index in [1.54, 1.807) is 0 Å². The van der Waals surface area contributed by atoms with Crippen LogP contribution in [0.5, 0.6) is 0 Å². The van der Waals surface area contributed by atoms with Gasteiger partial charge in [0.2, 0.25) is 0 Å². The lowest BCUT2D eigenvalue weighted by Gasteiger charge is -2.16. The second-order valence-electron chi connectivity index (χ2n) is 5.58. The molecule has 0 radical (unpaired) electrons. The van der Waals surface area contributed by atoms with E-state index in [9.17, 15) is 0 Å². The van der Waals surface area contributed by atoms with E-state index in [0.717, 1.165) is 5.92 Å². The van der Waals surface area contributed by atoms with E-state index in [1.165, 1.54) is 76.3 Å². The maximum Gasteiger partial charge on any atom is 0.0178 e. The highest BCUT2D eigenvalue weighted by molar-refractivity contribution is 5.09. The Bertz CT molecular complexity index is 264. The van der Waals surface area contributed by atoms with E-state index >= 15 is 0 Å². The lowest BCUT2D eigenvalue weighted by atomic mass is 9.91. The van der Waals surface area contributed by atoms with E-state index in [4.69, 9.17) is 0 Å². The molecule has 0 saturated heterocycles. The smallest absolute Gasteiger partial charge is 0.0178 e. The zero-order valence-corrected chi connectivity index (χ0v) is 11.1. The van der Waals surface area contributed by atoms with Crippen molar-refractivity contribution in [2.45, 2.75) is 76.5 Å². The van der Waals surface area contributed by atoms with Gasteiger partial charge in [-0.1, -0.05) is 57.8 Å². The largest absolute Gasteiger partial charge is 0.365 e. The first-order valence-corrected chi connectivity index (χ1v) is 7.60. The summed E-state index contributed by atoms with van der Waals surface area (Å²) in [5.74, 6) is 0.796. The molecule has 0 aromatic carbocycles. The fourth-order valence-corrected chi connectivity index (χ4v) is 3.07. The number of rotatable bonds is 1. The summed E-state index contributed by atoms with van der Waals surface area (Å²) < 4.78 is 0. The summed E-state index contributed by atoms with van der Waals surface area (Å²) in [4.78, 5) is 3.42. The van der Waals surface area contributed by atoms with Gasteiger partial charge in [-0.2, -0.15) is 0 Å². The van der Waals surface area contributed by atoms with Crippen molar-refractivity contribution in [1.82, 2.24) is 4.98 Å². The number of hydrogen-bond donors (Lipinski definition) is 1. The van der Waals surface area contributed by atoms with Crippen LogP contribution in [0.3, 0.4) is 0 Å². The highest BCUT2D eigenvalue weighted by atomic mass is 14.7. The van der Waals surface area contributed by atoms with Crippen LogP contribution in [0.2, 0.25) is 0 Å². The molecular weight excluding hydrogens is 206 g/mol. The Kier molecular flexibility index (Phi) is 5.67. The number of nitrogens with one attached hydrogen (secondary N) is 1. The van der Waals surface area contributed by atoms with Crippen molar-refractivity contribution in [2.75, 3.05) is 0 Å². The zero-order chi connectivity index (χ0) is 11.8. The average Bonchev–Trinajstić information content (AvgIpc) is 2.83. The SMILES string of the molecule is c1c[nH]c(C2CCCCCCCCCCC2)c1. The third-order valence-corrected chi connectivity index (χ3v) is 4.17. The Hall–Kier alpha value is -0.720. The minimum atomic E-state index is 0.796. The summed E-state index contributed by atoms with van der Waals surface area (Å²) in [5, 5.41) is 0. The van der Waals surface area contributed by atoms with Gasteiger partial charge in [0.15, 0.2) is 0 Å². The Morgan fingerprint density at radius 2 is 1.29 bits per heavy atom. The Morgan fingerprint density at radius 3 is 1.76 bits per heavy atom. The standard InChI is InChI=1S/C16H27N/c1-2-4-6-8-11-15(12-9-7-5-3-1)16-13-10-14-17-16/h10,13-15,17H,1-9,11-12H2. The lowest BCUT2D eigenvalue weighted by molar-refractivity contribution is 0.463. The van der Waals surface area contributed by atoms with Gasteiger partial charge in [0.25, 0.3) is 0 Å². The molecule has 1 fully saturated rings. The summed E-state index contributed by atoms with van der Waals surface area (Å²) >= 11 is 0. The minimum absolute atomic E-state index is 0.796. The number of H-pyrrole nitrogens is 1. The van der Waals surface area contributed by atoms with E-state index in [1.807, 2.05) is 0 Å². The molecule has 0 spiro atoms. The molecule has 1 aliphatic rings. The monoisotopic (exact) mass is 233 g/mol. The molecule has 2 rings (SSSR count). The summed E-state index contributed by atoms with van der Waals surface area (Å²) in [6, 6.07) is 4.42. The van der Waals surface area contributed by atoms with Crippen LogP contribution in [0.1, 0.15) is 82.2 Å². The number of aromatic amines is 1. The van der Waals surface area contributed by atoms with Crippen molar-refractivity contribution in [3.63, 3.8) is 0 Å². The highest BCUT2D eigenvalue weighted by Gasteiger charge is 2.12. The maximum atomic E-state index is 3.42. The molecule has 17 heavy (non-hydrogen) atoms. The third-order valence-electron chi connectivity index (χ3n) is 4.17. The van der Waals surface area contributed by atoms with Crippen LogP contribution >= 0.6 is 0 Å². The first kappa shape index (κ1) is 12.7. The topological polar surface area (TPSA) is 15.8 Å². The molecule has 1 heteroatoms. The van der Waals surface area contributed by atoms with Crippen LogP contribution < -0.4 is 0 Å².